The van der Waals surface area contributed by atoms with Gasteiger partial charge in [-0.2, -0.15) is 10.4 Å². The lowest BCUT2D eigenvalue weighted by molar-refractivity contribution is -0.141. The van der Waals surface area contributed by atoms with Gasteiger partial charge in [0, 0.05) is 29.3 Å². The van der Waals surface area contributed by atoms with Crippen molar-refractivity contribution in [2.45, 2.75) is 39.8 Å². The van der Waals surface area contributed by atoms with Crippen molar-refractivity contribution in [1.29, 1.82) is 5.26 Å². The Morgan fingerprint density at radius 3 is 2.62 bits per heavy atom. The van der Waals surface area contributed by atoms with Crippen LogP contribution in [0.2, 0.25) is 0 Å². The SMILES string of the molecule is CC1=C(C#N)C(=O)N(Cc2ccco2)C(=O)/C1=C/c1cn(-c2ccccc2)nc1-c1cc(C)c2c(c1)CC(C)O2. The predicted octanol–water partition coefficient (Wildman–Crippen LogP) is 5.56. The number of imide groups is 1. The van der Waals surface area contributed by atoms with E-state index in [9.17, 15) is 14.9 Å². The van der Waals surface area contributed by atoms with E-state index >= 15 is 0 Å². The van der Waals surface area contributed by atoms with Gasteiger partial charge in [0.05, 0.1) is 24.2 Å². The minimum atomic E-state index is -0.637. The van der Waals surface area contributed by atoms with E-state index in [2.05, 4.69) is 6.07 Å². The van der Waals surface area contributed by atoms with Gasteiger partial charge in [0.1, 0.15) is 29.3 Å². The number of ether oxygens (including phenoxy) is 1. The van der Waals surface area contributed by atoms with Crippen molar-refractivity contribution in [2.75, 3.05) is 0 Å². The molecule has 0 bridgehead atoms. The summed E-state index contributed by atoms with van der Waals surface area (Å²) in [7, 11) is 0. The third-order valence-electron chi connectivity index (χ3n) is 7.23. The first-order chi connectivity index (χ1) is 19.3. The van der Waals surface area contributed by atoms with E-state index < -0.39 is 11.8 Å². The molecule has 0 saturated heterocycles. The van der Waals surface area contributed by atoms with Crippen LogP contribution in [0.3, 0.4) is 0 Å². The highest BCUT2D eigenvalue weighted by molar-refractivity contribution is 6.19. The average Bonchev–Trinajstić information content (AvgIpc) is 3.70. The van der Waals surface area contributed by atoms with Gasteiger partial charge in [-0.3, -0.25) is 14.5 Å². The number of aryl methyl sites for hydroxylation is 1. The van der Waals surface area contributed by atoms with Crippen LogP contribution in [0.4, 0.5) is 0 Å². The van der Waals surface area contributed by atoms with Crippen LogP contribution < -0.4 is 4.74 Å². The Morgan fingerprint density at radius 2 is 1.90 bits per heavy atom. The number of carbonyl (C=O) groups is 2. The van der Waals surface area contributed by atoms with E-state index in [1.807, 2.05) is 62.5 Å². The zero-order valence-electron chi connectivity index (χ0n) is 22.3. The second kappa shape index (κ2) is 9.86. The second-order valence-electron chi connectivity index (χ2n) is 10.1. The average molecular weight is 531 g/mol. The van der Waals surface area contributed by atoms with Crippen LogP contribution in [0.25, 0.3) is 23.0 Å². The van der Waals surface area contributed by atoms with Gasteiger partial charge in [-0.25, -0.2) is 4.68 Å². The van der Waals surface area contributed by atoms with Crippen LogP contribution >= 0.6 is 0 Å². The highest BCUT2D eigenvalue weighted by atomic mass is 16.5. The molecule has 6 rings (SSSR count). The molecule has 2 aliphatic rings. The smallest absolute Gasteiger partial charge is 0.272 e. The molecule has 1 unspecified atom stereocenters. The number of nitriles is 1. The molecule has 4 aromatic rings. The number of rotatable bonds is 5. The van der Waals surface area contributed by atoms with Crippen LogP contribution in [0.5, 0.6) is 5.75 Å². The van der Waals surface area contributed by atoms with E-state index in [1.165, 1.54) is 6.26 Å². The van der Waals surface area contributed by atoms with Gasteiger partial charge in [-0.05, 0) is 79.9 Å². The molecule has 1 atom stereocenters. The van der Waals surface area contributed by atoms with Crippen LogP contribution in [0, 0.1) is 18.3 Å². The van der Waals surface area contributed by atoms with Gasteiger partial charge >= 0.3 is 0 Å². The van der Waals surface area contributed by atoms with Crippen LogP contribution in [-0.2, 0) is 22.6 Å². The van der Waals surface area contributed by atoms with Crippen molar-refractivity contribution in [2.24, 2.45) is 0 Å². The number of amides is 2. The largest absolute Gasteiger partial charge is 0.490 e. The van der Waals surface area contributed by atoms with Gasteiger partial charge in [0.2, 0.25) is 0 Å². The fraction of sp³-hybridized carbons (Fsp3) is 0.188. The number of fused-ring (bicyclic) bond motifs is 1. The lowest BCUT2D eigenvalue weighted by atomic mass is 9.92. The van der Waals surface area contributed by atoms with Crippen molar-refractivity contribution in [1.82, 2.24) is 14.7 Å². The molecule has 8 heteroatoms. The van der Waals surface area contributed by atoms with E-state index in [0.717, 1.165) is 39.4 Å². The molecule has 0 N–H and O–H groups in total. The summed E-state index contributed by atoms with van der Waals surface area (Å²) < 4.78 is 13.2. The first kappa shape index (κ1) is 25.1. The number of furan rings is 1. The summed E-state index contributed by atoms with van der Waals surface area (Å²) >= 11 is 0. The van der Waals surface area contributed by atoms with Crippen molar-refractivity contribution >= 4 is 17.9 Å². The first-order valence-corrected chi connectivity index (χ1v) is 13.0. The molecule has 8 nitrogen and oxygen atoms in total. The van der Waals surface area contributed by atoms with Gasteiger partial charge in [-0.1, -0.05) is 18.2 Å². The molecular formula is C32H26N4O4. The fourth-order valence-electron chi connectivity index (χ4n) is 5.27. The molecule has 2 aromatic carbocycles. The number of aromatic nitrogens is 2. The third kappa shape index (κ3) is 4.31. The number of para-hydroxylation sites is 1. The molecule has 0 aliphatic carbocycles. The molecule has 0 saturated carbocycles. The van der Waals surface area contributed by atoms with Crippen molar-refractivity contribution < 1.29 is 18.7 Å². The number of nitrogens with zero attached hydrogens (tertiary/aromatic N) is 4. The maximum atomic E-state index is 13.7. The Morgan fingerprint density at radius 1 is 1.10 bits per heavy atom. The maximum Gasteiger partial charge on any atom is 0.272 e. The minimum absolute atomic E-state index is 0.0706. The van der Waals surface area contributed by atoms with Gasteiger partial charge in [-0.15, -0.1) is 0 Å². The van der Waals surface area contributed by atoms with E-state index in [-0.39, 0.29) is 23.8 Å². The summed E-state index contributed by atoms with van der Waals surface area (Å²) in [6.07, 6.45) is 5.96. The van der Waals surface area contributed by atoms with Gasteiger partial charge < -0.3 is 9.15 Å². The molecule has 0 radical (unpaired) electrons. The van der Waals surface area contributed by atoms with Gasteiger partial charge in [0.25, 0.3) is 11.8 Å². The van der Waals surface area contributed by atoms with Crippen LogP contribution in [0.1, 0.15) is 36.3 Å². The molecule has 0 fully saturated rings. The van der Waals surface area contributed by atoms with Crippen LogP contribution in [-0.4, -0.2) is 32.6 Å². The lowest BCUT2D eigenvalue weighted by Crippen LogP contribution is -2.42. The second-order valence-corrected chi connectivity index (χ2v) is 10.1. The molecule has 198 valence electrons. The molecule has 2 amide bonds. The number of carbonyl (C=O) groups excluding carboxylic acids is 2. The van der Waals surface area contributed by atoms with Crippen molar-refractivity contribution in [3.05, 3.63) is 106 Å². The third-order valence-corrected chi connectivity index (χ3v) is 7.23. The van der Waals surface area contributed by atoms with Crippen LogP contribution in [0.15, 0.2) is 88.2 Å². The quantitative estimate of drug-likeness (QED) is 0.247. The van der Waals surface area contributed by atoms with Crippen molar-refractivity contribution in [3.8, 4) is 28.8 Å². The normalized spacial score (nSPS) is 17.8. The Labute approximate surface area is 231 Å². The Balaban J connectivity index is 1.51. The number of benzene rings is 2. The summed E-state index contributed by atoms with van der Waals surface area (Å²) in [6.45, 7) is 5.62. The highest BCUT2D eigenvalue weighted by Crippen LogP contribution is 2.38. The summed E-state index contributed by atoms with van der Waals surface area (Å²) in [6, 6.07) is 19.2. The molecule has 0 spiro atoms. The summed E-state index contributed by atoms with van der Waals surface area (Å²) in [5.41, 5.74) is 5.75. The van der Waals surface area contributed by atoms with E-state index in [4.69, 9.17) is 14.3 Å². The Kier molecular flexibility index (Phi) is 6.20. The summed E-state index contributed by atoms with van der Waals surface area (Å²) in [5.74, 6) is 0.219. The summed E-state index contributed by atoms with van der Waals surface area (Å²) in [4.78, 5) is 27.8. The Bertz CT molecular complexity index is 1750. The standard InChI is InChI=1S/C32H26N4O4/c1-19-12-22(14-23-13-20(2)40-30(19)23)29-24(17-36(34-29)25-8-5-4-6-9-25)15-27-21(3)28(16-33)32(38)35(31(27)37)18-26-10-7-11-39-26/h4-12,14-15,17,20H,13,18H2,1-3H3/b27-15+. The van der Waals surface area contributed by atoms with Gasteiger partial charge in [0.15, 0.2) is 0 Å². The number of hydrogen-bond donors (Lipinski definition) is 0. The topological polar surface area (TPSA) is 101 Å². The first-order valence-electron chi connectivity index (χ1n) is 13.0. The van der Waals surface area contributed by atoms with E-state index in [0.29, 0.717) is 22.6 Å². The monoisotopic (exact) mass is 530 g/mol. The Hall–Kier alpha value is -5.16. The van der Waals surface area contributed by atoms with E-state index in [1.54, 1.807) is 29.8 Å². The fourth-order valence-corrected chi connectivity index (χ4v) is 5.27. The highest BCUT2D eigenvalue weighted by Gasteiger charge is 2.36. The molecular weight excluding hydrogens is 504 g/mol. The number of hydrogen-bond acceptors (Lipinski definition) is 6. The predicted molar refractivity (Wildman–Crippen MR) is 148 cm³/mol. The zero-order valence-corrected chi connectivity index (χ0v) is 22.3. The molecule has 40 heavy (non-hydrogen) atoms. The van der Waals surface area contributed by atoms with Crippen molar-refractivity contribution in [3.63, 3.8) is 0 Å². The maximum absolute atomic E-state index is 13.7. The minimum Gasteiger partial charge on any atom is -0.490 e. The lowest BCUT2D eigenvalue weighted by Gasteiger charge is -2.26. The molecule has 4 heterocycles. The molecule has 2 aliphatic heterocycles. The summed E-state index contributed by atoms with van der Waals surface area (Å²) in [5, 5.41) is 14.8. The molecule has 2 aromatic heterocycles. The zero-order chi connectivity index (χ0) is 28.0.